The fourth-order valence-electron chi connectivity index (χ4n) is 2.33. The van der Waals surface area contributed by atoms with Crippen LogP contribution in [0.2, 0.25) is 0 Å². The van der Waals surface area contributed by atoms with Crippen molar-refractivity contribution in [3.05, 3.63) is 52.1 Å². The first-order valence-corrected chi connectivity index (χ1v) is 7.50. The van der Waals surface area contributed by atoms with E-state index in [1.54, 1.807) is 6.20 Å². The number of benzene rings is 1. The number of aromatic nitrogens is 4. The van der Waals surface area contributed by atoms with Crippen LogP contribution in [0.1, 0.15) is 24.6 Å². The van der Waals surface area contributed by atoms with Gasteiger partial charge in [0.15, 0.2) is 11.2 Å². The van der Waals surface area contributed by atoms with Gasteiger partial charge >= 0.3 is 0 Å². The normalized spacial score (nSPS) is 10.8. The predicted molar refractivity (Wildman–Crippen MR) is 90.1 cm³/mol. The van der Waals surface area contributed by atoms with Crippen LogP contribution in [-0.4, -0.2) is 19.9 Å². The molecule has 2 aromatic heterocycles. The molecule has 0 amide bonds. The quantitative estimate of drug-likeness (QED) is 0.663. The Hall–Kier alpha value is -2.96. The Kier molecular flexibility index (Phi) is 4.18. The standard InChI is InChI=1S/C16H18N6O/c1-2-3-10-4-6-11(7-5-10)18-8-12-9-19-14-13(20-12)15(23)22-16(17)21-14/h4-7,9,18H,2-3,8H2,1H3,(H3,17,19,21,22,23). The van der Waals surface area contributed by atoms with Crippen molar-refractivity contribution in [3.63, 3.8) is 0 Å². The zero-order valence-corrected chi connectivity index (χ0v) is 12.8. The second-order valence-corrected chi connectivity index (χ2v) is 5.29. The summed E-state index contributed by atoms with van der Waals surface area (Å²) in [5, 5.41) is 3.27. The molecule has 0 saturated carbocycles. The highest BCUT2D eigenvalue weighted by atomic mass is 16.1. The minimum absolute atomic E-state index is 0.0369. The molecular formula is C16H18N6O. The van der Waals surface area contributed by atoms with E-state index in [2.05, 4.69) is 44.3 Å². The number of H-pyrrole nitrogens is 1. The Morgan fingerprint density at radius 3 is 2.74 bits per heavy atom. The summed E-state index contributed by atoms with van der Waals surface area (Å²) in [5.74, 6) is 0.0369. The van der Waals surface area contributed by atoms with Gasteiger partial charge in [-0.05, 0) is 24.1 Å². The van der Waals surface area contributed by atoms with Gasteiger partial charge in [-0.1, -0.05) is 25.5 Å². The number of nitrogen functional groups attached to an aromatic ring is 1. The summed E-state index contributed by atoms with van der Waals surface area (Å²) in [7, 11) is 0. The van der Waals surface area contributed by atoms with E-state index in [-0.39, 0.29) is 22.7 Å². The number of hydrogen-bond donors (Lipinski definition) is 3. The summed E-state index contributed by atoms with van der Waals surface area (Å²) in [4.78, 5) is 26.6. The van der Waals surface area contributed by atoms with Gasteiger partial charge in [-0.3, -0.25) is 9.78 Å². The van der Waals surface area contributed by atoms with E-state index in [0.717, 1.165) is 18.5 Å². The minimum Gasteiger partial charge on any atom is -0.379 e. The van der Waals surface area contributed by atoms with Gasteiger partial charge in [0.2, 0.25) is 5.95 Å². The zero-order valence-electron chi connectivity index (χ0n) is 12.8. The Morgan fingerprint density at radius 1 is 1.22 bits per heavy atom. The van der Waals surface area contributed by atoms with Crippen LogP contribution >= 0.6 is 0 Å². The molecule has 23 heavy (non-hydrogen) atoms. The maximum Gasteiger partial charge on any atom is 0.280 e. The van der Waals surface area contributed by atoms with Gasteiger partial charge in [-0.2, -0.15) is 4.98 Å². The number of fused-ring (bicyclic) bond motifs is 1. The molecule has 7 nitrogen and oxygen atoms in total. The highest BCUT2D eigenvalue weighted by Gasteiger charge is 2.06. The van der Waals surface area contributed by atoms with Crippen LogP contribution in [-0.2, 0) is 13.0 Å². The number of aromatic amines is 1. The third-order valence-corrected chi connectivity index (χ3v) is 3.45. The summed E-state index contributed by atoms with van der Waals surface area (Å²) in [6.07, 6.45) is 3.80. The topological polar surface area (TPSA) is 110 Å². The average Bonchev–Trinajstić information content (AvgIpc) is 2.55. The van der Waals surface area contributed by atoms with Crippen molar-refractivity contribution in [2.75, 3.05) is 11.1 Å². The summed E-state index contributed by atoms with van der Waals surface area (Å²) < 4.78 is 0. The number of hydrogen-bond acceptors (Lipinski definition) is 6. The van der Waals surface area contributed by atoms with Crippen molar-refractivity contribution in [1.82, 2.24) is 19.9 Å². The van der Waals surface area contributed by atoms with Crippen molar-refractivity contribution in [3.8, 4) is 0 Å². The molecule has 0 unspecified atom stereocenters. The summed E-state index contributed by atoms with van der Waals surface area (Å²) in [5.41, 5.74) is 8.52. The van der Waals surface area contributed by atoms with Crippen LogP contribution in [0.5, 0.6) is 0 Å². The lowest BCUT2D eigenvalue weighted by atomic mass is 10.1. The molecule has 0 atom stereocenters. The van der Waals surface area contributed by atoms with E-state index >= 15 is 0 Å². The molecule has 0 radical (unpaired) electrons. The largest absolute Gasteiger partial charge is 0.379 e. The van der Waals surface area contributed by atoms with E-state index in [1.807, 2.05) is 12.1 Å². The van der Waals surface area contributed by atoms with Gasteiger partial charge in [0.25, 0.3) is 5.56 Å². The molecule has 118 valence electrons. The first kappa shape index (κ1) is 15.0. The Morgan fingerprint density at radius 2 is 2.00 bits per heavy atom. The predicted octanol–water partition coefficient (Wildman–Crippen LogP) is 1.86. The molecule has 0 aliphatic heterocycles. The molecular weight excluding hydrogens is 292 g/mol. The van der Waals surface area contributed by atoms with Crippen LogP contribution in [0.4, 0.5) is 11.6 Å². The maximum atomic E-state index is 11.8. The molecule has 4 N–H and O–H groups in total. The number of aryl methyl sites for hydroxylation is 1. The number of nitrogens with two attached hydrogens (primary N) is 1. The lowest BCUT2D eigenvalue weighted by Crippen LogP contribution is -2.15. The third kappa shape index (κ3) is 3.45. The van der Waals surface area contributed by atoms with Crippen molar-refractivity contribution in [2.24, 2.45) is 0 Å². The first-order chi connectivity index (χ1) is 11.2. The van der Waals surface area contributed by atoms with Crippen LogP contribution < -0.4 is 16.6 Å². The van der Waals surface area contributed by atoms with Crippen LogP contribution in [0.15, 0.2) is 35.3 Å². The molecule has 0 bridgehead atoms. The molecule has 0 spiro atoms. The van der Waals surface area contributed by atoms with Crippen molar-refractivity contribution >= 4 is 22.8 Å². The molecule has 0 saturated heterocycles. The van der Waals surface area contributed by atoms with E-state index in [4.69, 9.17) is 5.73 Å². The molecule has 0 aliphatic rings. The van der Waals surface area contributed by atoms with Crippen molar-refractivity contribution in [1.29, 1.82) is 0 Å². The molecule has 3 rings (SSSR count). The van der Waals surface area contributed by atoms with Crippen LogP contribution in [0.25, 0.3) is 11.2 Å². The monoisotopic (exact) mass is 310 g/mol. The second-order valence-electron chi connectivity index (χ2n) is 5.29. The highest BCUT2D eigenvalue weighted by Crippen LogP contribution is 2.12. The summed E-state index contributed by atoms with van der Waals surface area (Å²) in [6.45, 7) is 2.63. The fourth-order valence-corrected chi connectivity index (χ4v) is 2.33. The van der Waals surface area contributed by atoms with Gasteiger partial charge < -0.3 is 11.1 Å². The van der Waals surface area contributed by atoms with Gasteiger partial charge in [0.1, 0.15) is 0 Å². The smallest absolute Gasteiger partial charge is 0.280 e. The van der Waals surface area contributed by atoms with Gasteiger partial charge in [-0.25, -0.2) is 9.97 Å². The highest BCUT2D eigenvalue weighted by molar-refractivity contribution is 5.69. The zero-order chi connectivity index (χ0) is 16.2. The molecule has 7 heteroatoms. The molecule has 2 heterocycles. The maximum absolute atomic E-state index is 11.8. The molecule has 0 aliphatic carbocycles. The molecule has 3 aromatic rings. The van der Waals surface area contributed by atoms with E-state index in [1.165, 1.54) is 5.56 Å². The van der Waals surface area contributed by atoms with Crippen LogP contribution in [0, 0.1) is 0 Å². The third-order valence-electron chi connectivity index (χ3n) is 3.45. The minimum atomic E-state index is -0.384. The van der Waals surface area contributed by atoms with E-state index in [0.29, 0.717) is 12.2 Å². The first-order valence-electron chi connectivity index (χ1n) is 7.50. The number of rotatable bonds is 5. The van der Waals surface area contributed by atoms with Crippen LogP contribution in [0.3, 0.4) is 0 Å². The Labute approximate surface area is 133 Å². The van der Waals surface area contributed by atoms with E-state index in [9.17, 15) is 4.79 Å². The summed E-state index contributed by atoms with van der Waals surface area (Å²) in [6, 6.07) is 8.29. The number of nitrogens with one attached hydrogen (secondary N) is 2. The van der Waals surface area contributed by atoms with Gasteiger partial charge in [-0.15, -0.1) is 0 Å². The number of anilines is 2. The average molecular weight is 310 g/mol. The van der Waals surface area contributed by atoms with Gasteiger partial charge in [0, 0.05) is 5.69 Å². The lowest BCUT2D eigenvalue weighted by Gasteiger charge is -2.07. The van der Waals surface area contributed by atoms with Gasteiger partial charge in [0.05, 0.1) is 18.4 Å². The second kappa shape index (κ2) is 6.43. The Balaban J connectivity index is 1.75. The fraction of sp³-hybridized carbons (Fsp3) is 0.250. The van der Waals surface area contributed by atoms with E-state index < -0.39 is 0 Å². The Bertz CT molecular complexity index is 872. The molecule has 1 aromatic carbocycles. The lowest BCUT2D eigenvalue weighted by molar-refractivity contribution is 0.921. The van der Waals surface area contributed by atoms with Crippen molar-refractivity contribution in [2.45, 2.75) is 26.3 Å². The number of nitrogens with zero attached hydrogens (tertiary/aromatic N) is 3. The van der Waals surface area contributed by atoms with Crippen molar-refractivity contribution < 1.29 is 0 Å². The SMILES string of the molecule is CCCc1ccc(NCc2cnc3nc(N)[nH]c(=O)c3n2)cc1. The molecule has 0 fully saturated rings. The summed E-state index contributed by atoms with van der Waals surface area (Å²) >= 11 is 0.